The molecule has 1 aliphatic carbocycles. The summed E-state index contributed by atoms with van der Waals surface area (Å²) in [5.41, 5.74) is 2.83. The second-order valence-corrected chi connectivity index (χ2v) is 7.35. The second-order valence-electron chi connectivity index (χ2n) is 5.81. The van der Waals surface area contributed by atoms with Gasteiger partial charge in [0.05, 0.1) is 11.3 Å². The van der Waals surface area contributed by atoms with Crippen molar-refractivity contribution in [2.24, 2.45) is 0 Å². The Morgan fingerprint density at radius 2 is 1.77 bits per heavy atom. The summed E-state index contributed by atoms with van der Waals surface area (Å²) in [6, 6.07) is 7.17. The number of carbonyl (C=O) groups is 2. The van der Waals surface area contributed by atoms with Crippen LogP contribution in [0.5, 0.6) is 0 Å². The van der Waals surface area contributed by atoms with Crippen LogP contribution in [0, 0.1) is 10.8 Å². The Balaban J connectivity index is 0.000000696. The number of halogens is 1. The highest BCUT2D eigenvalue weighted by atomic mass is 35.5. The number of rotatable bonds is 6. The summed E-state index contributed by atoms with van der Waals surface area (Å²) >= 11 is 7.55. The van der Waals surface area contributed by atoms with Crippen LogP contribution < -0.4 is 10.6 Å². The van der Waals surface area contributed by atoms with Crippen molar-refractivity contribution >= 4 is 57.7 Å². The summed E-state index contributed by atoms with van der Waals surface area (Å²) in [6.45, 7) is 8.00. The highest BCUT2D eigenvalue weighted by Gasteiger charge is 2.26. The van der Waals surface area contributed by atoms with E-state index in [1.165, 1.54) is 10.4 Å². The molecule has 0 radical (unpaired) electrons. The molecule has 8 heteroatoms. The first-order chi connectivity index (χ1) is 15.0. The molecule has 0 aliphatic heterocycles. The van der Waals surface area contributed by atoms with Crippen molar-refractivity contribution in [1.82, 2.24) is 0 Å². The fourth-order valence-corrected chi connectivity index (χ4v) is 4.06. The van der Waals surface area contributed by atoms with Crippen LogP contribution >= 0.6 is 22.9 Å². The fourth-order valence-electron chi connectivity index (χ4n) is 2.70. The van der Waals surface area contributed by atoms with Crippen molar-refractivity contribution in [3.63, 3.8) is 0 Å². The number of aldehydes is 1. The standard InChI is InChI=1S/C15H15ClN2OS.C4H6N2O.2C2H6/c1-17-15-13(11-3-2-4-12(11)20-15)14(19)18-10-7-5-9(16)6-8-10;5-3-4(6)1-2-7;2*1-2/h5-8,17H,2-4H2,1H3,(H,18,19);2-3,5-6H,1H2;2*1-2H3. The number of fused-ring (bicyclic) bond motifs is 1. The molecule has 1 heterocycles. The molecule has 0 unspecified atom stereocenters. The molecule has 31 heavy (non-hydrogen) atoms. The topological polar surface area (TPSA) is 106 Å². The van der Waals surface area contributed by atoms with Crippen LogP contribution in [0.4, 0.5) is 10.7 Å². The largest absolute Gasteiger partial charge is 0.379 e. The Labute approximate surface area is 194 Å². The van der Waals surface area contributed by atoms with Gasteiger partial charge in [0, 0.05) is 35.3 Å². The van der Waals surface area contributed by atoms with E-state index in [9.17, 15) is 9.59 Å². The van der Waals surface area contributed by atoms with E-state index in [4.69, 9.17) is 22.4 Å². The highest BCUT2D eigenvalue weighted by Crippen LogP contribution is 2.39. The van der Waals surface area contributed by atoms with Crippen molar-refractivity contribution in [2.75, 3.05) is 17.7 Å². The van der Waals surface area contributed by atoms with Gasteiger partial charge < -0.3 is 26.2 Å². The number of anilines is 2. The van der Waals surface area contributed by atoms with Crippen LogP contribution in [-0.2, 0) is 17.6 Å². The average molecular weight is 465 g/mol. The highest BCUT2D eigenvalue weighted by molar-refractivity contribution is 7.16. The number of amides is 1. The molecule has 2 aromatic rings. The molecule has 1 aromatic carbocycles. The van der Waals surface area contributed by atoms with Crippen molar-refractivity contribution in [3.8, 4) is 0 Å². The quantitative estimate of drug-likeness (QED) is 0.290. The third kappa shape index (κ3) is 9.02. The summed E-state index contributed by atoms with van der Waals surface area (Å²) in [6.07, 6.45) is 4.75. The Kier molecular flexibility index (Phi) is 14.9. The van der Waals surface area contributed by atoms with Crippen molar-refractivity contribution in [1.29, 1.82) is 10.8 Å². The van der Waals surface area contributed by atoms with Gasteiger partial charge in [-0.3, -0.25) is 4.79 Å². The van der Waals surface area contributed by atoms with E-state index in [1.54, 1.807) is 23.5 Å². The van der Waals surface area contributed by atoms with E-state index in [0.717, 1.165) is 41.7 Å². The maximum absolute atomic E-state index is 12.5. The van der Waals surface area contributed by atoms with Gasteiger partial charge in [-0.15, -0.1) is 11.3 Å². The summed E-state index contributed by atoms with van der Waals surface area (Å²) < 4.78 is 0. The van der Waals surface area contributed by atoms with Gasteiger partial charge in [-0.2, -0.15) is 0 Å². The SMILES string of the molecule is CC.CC.CNc1sc2c(c1C(=O)Nc1ccc(Cl)cc1)CCC2.N=CC(=N)CC=O. The van der Waals surface area contributed by atoms with Gasteiger partial charge in [0.1, 0.15) is 11.3 Å². The number of nitrogens with one attached hydrogen (secondary N) is 4. The molecule has 0 spiro atoms. The van der Waals surface area contributed by atoms with E-state index in [2.05, 4.69) is 10.6 Å². The van der Waals surface area contributed by atoms with E-state index in [1.807, 2.05) is 46.9 Å². The van der Waals surface area contributed by atoms with Gasteiger partial charge in [0.15, 0.2) is 0 Å². The number of aryl methyl sites for hydroxylation is 1. The van der Waals surface area contributed by atoms with E-state index in [0.29, 0.717) is 11.3 Å². The van der Waals surface area contributed by atoms with Crippen LogP contribution in [0.25, 0.3) is 0 Å². The average Bonchev–Trinajstić information content (AvgIpc) is 3.39. The minimum absolute atomic E-state index is 0.0453. The lowest BCUT2D eigenvalue weighted by Crippen LogP contribution is -2.14. The first-order valence-electron chi connectivity index (χ1n) is 10.4. The molecule has 0 bridgehead atoms. The zero-order chi connectivity index (χ0) is 23.8. The Hall–Kier alpha value is -2.51. The summed E-state index contributed by atoms with van der Waals surface area (Å²) in [4.78, 5) is 23.4. The monoisotopic (exact) mass is 464 g/mol. The molecule has 0 saturated heterocycles. The van der Waals surface area contributed by atoms with E-state index in [-0.39, 0.29) is 18.0 Å². The predicted octanol–water partition coefficient (Wildman–Crippen LogP) is 6.48. The molecule has 0 saturated carbocycles. The first kappa shape index (κ1) is 28.5. The second kappa shape index (κ2) is 16.2. The van der Waals surface area contributed by atoms with Crippen molar-refractivity contribution in [3.05, 3.63) is 45.3 Å². The van der Waals surface area contributed by atoms with Gasteiger partial charge in [0.25, 0.3) is 5.91 Å². The Morgan fingerprint density at radius 3 is 2.26 bits per heavy atom. The van der Waals surface area contributed by atoms with Crippen molar-refractivity contribution < 1.29 is 9.59 Å². The van der Waals surface area contributed by atoms with Gasteiger partial charge in [-0.25, -0.2) is 0 Å². The molecule has 0 fully saturated rings. The zero-order valence-electron chi connectivity index (χ0n) is 18.9. The Bertz CT molecular complexity index is 848. The van der Waals surface area contributed by atoms with Crippen LogP contribution in [-0.4, -0.2) is 31.2 Å². The minimum atomic E-state index is -0.0453. The maximum Gasteiger partial charge on any atom is 0.258 e. The normalized spacial score (nSPS) is 10.5. The molecular weight excluding hydrogens is 432 g/mol. The zero-order valence-corrected chi connectivity index (χ0v) is 20.5. The van der Waals surface area contributed by atoms with Crippen LogP contribution in [0.2, 0.25) is 5.02 Å². The van der Waals surface area contributed by atoms with Gasteiger partial charge >= 0.3 is 0 Å². The molecule has 3 rings (SSSR count). The molecule has 4 N–H and O–H groups in total. The number of hydrogen-bond donors (Lipinski definition) is 4. The number of hydrogen-bond acceptors (Lipinski definition) is 6. The lowest BCUT2D eigenvalue weighted by atomic mass is 10.1. The van der Waals surface area contributed by atoms with Gasteiger partial charge in [0.2, 0.25) is 0 Å². The third-order valence-electron chi connectivity index (χ3n) is 3.95. The Morgan fingerprint density at radius 1 is 1.16 bits per heavy atom. The van der Waals surface area contributed by atoms with E-state index >= 15 is 0 Å². The number of benzene rings is 1. The molecule has 170 valence electrons. The third-order valence-corrected chi connectivity index (χ3v) is 5.52. The molecule has 0 atom stereocenters. The van der Waals surface area contributed by atoms with Crippen LogP contribution in [0.3, 0.4) is 0 Å². The smallest absolute Gasteiger partial charge is 0.258 e. The van der Waals surface area contributed by atoms with Gasteiger partial charge in [-0.05, 0) is 49.1 Å². The van der Waals surface area contributed by atoms with Crippen LogP contribution in [0.1, 0.15) is 61.3 Å². The summed E-state index contributed by atoms with van der Waals surface area (Å²) in [7, 11) is 1.86. The summed E-state index contributed by atoms with van der Waals surface area (Å²) in [5, 5.41) is 20.8. The molecule has 6 nitrogen and oxygen atoms in total. The fraction of sp³-hybridized carbons (Fsp3) is 0.391. The van der Waals surface area contributed by atoms with E-state index < -0.39 is 0 Å². The predicted molar refractivity (Wildman–Crippen MR) is 135 cm³/mol. The van der Waals surface area contributed by atoms with Gasteiger partial charge in [-0.1, -0.05) is 39.3 Å². The molecule has 1 amide bonds. The number of thiophene rings is 1. The number of carbonyl (C=O) groups excluding carboxylic acids is 2. The van der Waals surface area contributed by atoms with Crippen molar-refractivity contribution in [2.45, 2.75) is 53.4 Å². The molecule has 1 aromatic heterocycles. The maximum atomic E-state index is 12.5. The lowest BCUT2D eigenvalue weighted by Gasteiger charge is -2.08. The van der Waals surface area contributed by atoms with Crippen LogP contribution in [0.15, 0.2) is 24.3 Å². The lowest BCUT2D eigenvalue weighted by molar-refractivity contribution is -0.106. The summed E-state index contributed by atoms with van der Waals surface area (Å²) in [5.74, 6) is -0.0453. The molecular formula is C23H33ClN4O2S. The minimum Gasteiger partial charge on any atom is -0.379 e. The first-order valence-corrected chi connectivity index (χ1v) is 11.6. The molecule has 1 aliphatic rings.